The summed E-state index contributed by atoms with van der Waals surface area (Å²) in [5, 5.41) is 22.2. The molecule has 1 saturated heterocycles. The minimum atomic E-state index is -0.483. The van der Waals surface area contributed by atoms with Crippen LogP contribution in [0.4, 0.5) is 17.2 Å². The fraction of sp³-hybridized carbons (Fsp3) is 0.250. The van der Waals surface area contributed by atoms with Gasteiger partial charge in [-0.05, 0) is 43.2 Å². The van der Waals surface area contributed by atoms with Crippen LogP contribution in [-0.4, -0.2) is 34.1 Å². The second-order valence-corrected chi connectivity index (χ2v) is 6.84. The number of furan rings is 1. The second kappa shape index (κ2) is 8.09. The first-order chi connectivity index (χ1) is 14.1. The highest BCUT2D eigenvalue weighted by molar-refractivity contribution is 5.93. The quantitative estimate of drug-likeness (QED) is 0.521. The lowest BCUT2D eigenvalue weighted by Crippen LogP contribution is -2.41. The molecule has 3 aromatic rings. The van der Waals surface area contributed by atoms with Gasteiger partial charge >= 0.3 is 0 Å². The number of nitro groups is 1. The van der Waals surface area contributed by atoms with E-state index in [1.807, 2.05) is 23.1 Å². The predicted octanol–water partition coefficient (Wildman–Crippen LogP) is 3.50. The molecule has 1 amide bonds. The zero-order valence-electron chi connectivity index (χ0n) is 15.5. The molecule has 1 N–H and O–H groups in total. The third kappa shape index (κ3) is 4.23. The first-order valence-electron chi connectivity index (χ1n) is 9.28. The average molecular weight is 393 g/mol. The van der Waals surface area contributed by atoms with Crippen LogP contribution in [0.5, 0.6) is 0 Å². The summed E-state index contributed by atoms with van der Waals surface area (Å²) in [6.45, 7) is 1.30. The lowest BCUT2D eigenvalue weighted by Gasteiger charge is -2.32. The molecule has 0 radical (unpaired) electrons. The van der Waals surface area contributed by atoms with E-state index in [4.69, 9.17) is 4.42 Å². The van der Waals surface area contributed by atoms with Crippen LogP contribution in [0.3, 0.4) is 0 Å². The highest BCUT2D eigenvalue weighted by Crippen LogP contribution is 2.25. The molecule has 1 aliphatic heterocycles. The van der Waals surface area contributed by atoms with Crippen molar-refractivity contribution in [3.8, 4) is 11.5 Å². The molecule has 0 spiro atoms. The lowest BCUT2D eigenvalue weighted by molar-refractivity contribution is -0.384. The van der Waals surface area contributed by atoms with Gasteiger partial charge in [-0.25, -0.2) is 0 Å². The van der Waals surface area contributed by atoms with Crippen molar-refractivity contribution in [3.05, 3.63) is 64.9 Å². The Kier molecular flexibility index (Phi) is 5.19. The summed E-state index contributed by atoms with van der Waals surface area (Å²) in [5.41, 5.74) is 1.01. The van der Waals surface area contributed by atoms with Gasteiger partial charge in [-0.15, -0.1) is 10.2 Å². The van der Waals surface area contributed by atoms with E-state index in [0.29, 0.717) is 29.5 Å². The Balaban J connectivity index is 1.42. The number of hydrogen-bond acceptors (Lipinski definition) is 7. The Morgan fingerprint density at radius 2 is 2.10 bits per heavy atom. The molecule has 0 bridgehead atoms. The number of piperidine rings is 1. The monoisotopic (exact) mass is 393 g/mol. The molecule has 1 atom stereocenters. The van der Waals surface area contributed by atoms with Gasteiger partial charge in [0.15, 0.2) is 11.6 Å². The van der Waals surface area contributed by atoms with Crippen molar-refractivity contribution in [3.63, 3.8) is 0 Å². The standard InChI is InChI=1S/C20H19N5O4/c26-20(21-15-5-1-6-16(12-15)25(27)28)14-4-2-10-24(13-14)19-9-8-17(22-23-19)18-7-3-11-29-18/h1,3,5-9,11-12,14H,2,4,10,13H2,(H,21,26). The smallest absolute Gasteiger partial charge is 0.271 e. The lowest BCUT2D eigenvalue weighted by atomic mass is 9.97. The zero-order chi connectivity index (χ0) is 20.2. The predicted molar refractivity (Wildman–Crippen MR) is 106 cm³/mol. The van der Waals surface area contributed by atoms with Gasteiger partial charge in [0.25, 0.3) is 5.69 Å². The molecule has 1 fully saturated rings. The van der Waals surface area contributed by atoms with Gasteiger partial charge in [0.2, 0.25) is 5.91 Å². The van der Waals surface area contributed by atoms with E-state index in [-0.39, 0.29) is 17.5 Å². The Bertz CT molecular complexity index is 1000. The molecule has 148 valence electrons. The van der Waals surface area contributed by atoms with Crippen LogP contribution in [0.25, 0.3) is 11.5 Å². The van der Waals surface area contributed by atoms with Crippen molar-refractivity contribution in [2.75, 3.05) is 23.3 Å². The molecule has 9 heteroatoms. The van der Waals surface area contributed by atoms with Crippen molar-refractivity contribution in [2.24, 2.45) is 5.92 Å². The third-order valence-electron chi connectivity index (χ3n) is 4.86. The summed E-state index contributed by atoms with van der Waals surface area (Å²) in [7, 11) is 0. The van der Waals surface area contributed by atoms with E-state index in [1.54, 1.807) is 24.5 Å². The molecule has 0 saturated carbocycles. The van der Waals surface area contributed by atoms with E-state index < -0.39 is 4.92 Å². The number of carbonyl (C=O) groups is 1. The van der Waals surface area contributed by atoms with Crippen molar-refractivity contribution < 1.29 is 14.1 Å². The van der Waals surface area contributed by atoms with E-state index in [2.05, 4.69) is 15.5 Å². The van der Waals surface area contributed by atoms with E-state index in [9.17, 15) is 14.9 Å². The number of nitrogens with one attached hydrogen (secondary N) is 1. The molecule has 1 aromatic carbocycles. The molecular formula is C20H19N5O4. The fourth-order valence-electron chi connectivity index (χ4n) is 3.39. The number of nitro benzene ring substituents is 1. The minimum Gasteiger partial charge on any atom is -0.463 e. The highest BCUT2D eigenvalue weighted by Gasteiger charge is 2.27. The summed E-state index contributed by atoms with van der Waals surface area (Å²) < 4.78 is 5.32. The van der Waals surface area contributed by atoms with Crippen LogP contribution in [-0.2, 0) is 4.79 Å². The largest absolute Gasteiger partial charge is 0.463 e. The number of benzene rings is 1. The van der Waals surface area contributed by atoms with Crippen molar-refractivity contribution in [1.82, 2.24) is 10.2 Å². The topological polar surface area (TPSA) is 114 Å². The maximum Gasteiger partial charge on any atom is 0.271 e. The van der Waals surface area contributed by atoms with Gasteiger partial charge < -0.3 is 14.6 Å². The summed E-state index contributed by atoms with van der Waals surface area (Å²) in [6.07, 6.45) is 3.17. The molecule has 1 unspecified atom stereocenters. The first kappa shape index (κ1) is 18.6. The summed E-state index contributed by atoms with van der Waals surface area (Å²) in [4.78, 5) is 25.1. The van der Waals surface area contributed by atoms with Crippen LogP contribution in [0, 0.1) is 16.0 Å². The number of rotatable bonds is 5. The molecule has 0 aliphatic carbocycles. The van der Waals surface area contributed by atoms with Crippen LogP contribution >= 0.6 is 0 Å². The van der Waals surface area contributed by atoms with Gasteiger partial charge in [-0.1, -0.05) is 6.07 Å². The fourth-order valence-corrected chi connectivity index (χ4v) is 3.39. The van der Waals surface area contributed by atoms with Crippen LogP contribution in [0.2, 0.25) is 0 Å². The van der Waals surface area contributed by atoms with Gasteiger partial charge in [0.05, 0.1) is 17.1 Å². The Hall–Kier alpha value is -3.75. The first-order valence-corrected chi connectivity index (χ1v) is 9.28. The molecule has 1 aliphatic rings. The Morgan fingerprint density at radius 1 is 1.21 bits per heavy atom. The summed E-state index contributed by atoms with van der Waals surface area (Å²) in [5.74, 6) is 0.954. The summed E-state index contributed by atoms with van der Waals surface area (Å²) in [6, 6.07) is 13.3. The number of carbonyl (C=O) groups excluding carboxylic acids is 1. The number of aromatic nitrogens is 2. The molecule has 4 rings (SSSR count). The van der Waals surface area contributed by atoms with E-state index in [0.717, 1.165) is 19.4 Å². The number of nitrogens with zero attached hydrogens (tertiary/aromatic N) is 4. The van der Waals surface area contributed by atoms with Gasteiger partial charge in [-0.2, -0.15) is 0 Å². The average Bonchev–Trinajstić information content (AvgIpc) is 3.29. The van der Waals surface area contributed by atoms with Crippen molar-refractivity contribution in [1.29, 1.82) is 0 Å². The number of non-ortho nitro benzene ring substituents is 1. The molecule has 9 nitrogen and oxygen atoms in total. The number of amides is 1. The molecule has 2 aromatic heterocycles. The Labute approximate surface area is 166 Å². The second-order valence-electron chi connectivity index (χ2n) is 6.84. The van der Waals surface area contributed by atoms with Crippen LogP contribution in [0.15, 0.2) is 59.2 Å². The zero-order valence-corrected chi connectivity index (χ0v) is 15.5. The van der Waals surface area contributed by atoms with Crippen molar-refractivity contribution >= 4 is 23.1 Å². The van der Waals surface area contributed by atoms with Gasteiger partial charge in [0.1, 0.15) is 5.69 Å². The molecular weight excluding hydrogens is 374 g/mol. The van der Waals surface area contributed by atoms with Gasteiger partial charge in [-0.3, -0.25) is 14.9 Å². The van der Waals surface area contributed by atoms with E-state index in [1.165, 1.54) is 12.1 Å². The summed E-state index contributed by atoms with van der Waals surface area (Å²) >= 11 is 0. The number of anilines is 2. The highest BCUT2D eigenvalue weighted by atomic mass is 16.6. The maximum absolute atomic E-state index is 12.7. The molecule has 3 heterocycles. The van der Waals surface area contributed by atoms with E-state index >= 15 is 0 Å². The number of hydrogen-bond donors (Lipinski definition) is 1. The van der Waals surface area contributed by atoms with Crippen LogP contribution in [0.1, 0.15) is 12.8 Å². The van der Waals surface area contributed by atoms with Crippen molar-refractivity contribution in [2.45, 2.75) is 12.8 Å². The van der Waals surface area contributed by atoms with Crippen LogP contribution < -0.4 is 10.2 Å². The van der Waals surface area contributed by atoms with Gasteiger partial charge in [0, 0.05) is 30.9 Å². The molecule has 29 heavy (non-hydrogen) atoms. The SMILES string of the molecule is O=C(Nc1cccc([N+](=O)[O-])c1)C1CCCN(c2ccc(-c3ccco3)nn2)C1. The third-order valence-corrected chi connectivity index (χ3v) is 4.86. The Morgan fingerprint density at radius 3 is 2.83 bits per heavy atom. The maximum atomic E-state index is 12.7. The normalized spacial score (nSPS) is 16.4. The minimum absolute atomic E-state index is 0.0556.